The quantitative estimate of drug-likeness (QED) is 0.777. The fraction of sp³-hybridized carbons (Fsp3) is 0.286. The molecule has 0 radical (unpaired) electrons. The van der Waals surface area contributed by atoms with Crippen molar-refractivity contribution in [1.82, 2.24) is 15.0 Å². The van der Waals surface area contributed by atoms with Gasteiger partial charge in [0, 0.05) is 11.8 Å². The summed E-state index contributed by atoms with van der Waals surface area (Å²) in [5.41, 5.74) is -0.441. The smallest absolute Gasteiger partial charge is 0.414 e. The molecule has 0 aliphatic rings. The molecule has 0 unspecified atom stereocenters. The van der Waals surface area contributed by atoms with Crippen molar-refractivity contribution in [2.24, 2.45) is 0 Å². The number of nitrogens with one attached hydrogen (secondary N) is 2. The molecular formula is C14H14N4O3. The van der Waals surface area contributed by atoms with Crippen molar-refractivity contribution in [3.05, 3.63) is 28.2 Å². The van der Waals surface area contributed by atoms with E-state index < -0.39 is 17.3 Å². The Hall–Kier alpha value is -2.88. The SMILES string of the molecule is C#Cc1cnc2[nH]c(NC(=O)OC(C)(C)C)nc(=O)c2c1. The van der Waals surface area contributed by atoms with Crippen LogP contribution >= 0.6 is 0 Å². The fourth-order valence-electron chi connectivity index (χ4n) is 1.57. The number of aromatic nitrogens is 3. The Morgan fingerprint density at radius 1 is 1.48 bits per heavy atom. The predicted octanol–water partition coefficient (Wildman–Crippen LogP) is 1.65. The number of hydrogen-bond donors (Lipinski definition) is 2. The first kappa shape index (κ1) is 14.5. The highest BCUT2D eigenvalue weighted by molar-refractivity contribution is 5.84. The standard InChI is InChI=1S/C14H14N4O3/c1-5-8-6-9-10(15-7-8)16-12(17-11(9)19)18-13(20)21-14(2,3)4/h1,6-7H,2-4H3,(H2,15,16,17,18,19,20). The molecule has 2 rings (SSSR count). The van der Waals surface area contributed by atoms with E-state index in [0.717, 1.165) is 0 Å². The Morgan fingerprint density at radius 3 is 2.81 bits per heavy atom. The van der Waals surface area contributed by atoms with Gasteiger partial charge < -0.3 is 9.72 Å². The molecule has 0 spiro atoms. The summed E-state index contributed by atoms with van der Waals surface area (Å²) in [5.74, 6) is 2.35. The summed E-state index contributed by atoms with van der Waals surface area (Å²) in [7, 11) is 0. The van der Waals surface area contributed by atoms with Crippen molar-refractivity contribution in [2.75, 3.05) is 5.32 Å². The molecule has 2 aromatic heterocycles. The molecule has 2 heterocycles. The van der Waals surface area contributed by atoms with Crippen molar-refractivity contribution in [3.63, 3.8) is 0 Å². The number of pyridine rings is 1. The Kier molecular flexibility index (Phi) is 3.63. The van der Waals surface area contributed by atoms with E-state index in [0.29, 0.717) is 5.56 Å². The number of anilines is 1. The van der Waals surface area contributed by atoms with Gasteiger partial charge in [0.1, 0.15) is 11.2 Å². The molecule has 0 bridgehead atoms. The summed E-state index contributed by atoms with van der Waals surface area (Å²) in [5, 5.41) is 2.60. The molecule has 0 atom stereocenters. The summed E-state index contributed by atoms with van der Waals surface area (Å²) in [6.45, 7) is 5.18. The summed E-state index contributed by atoms with van der Waals surface area (Å²) in [6, 6.07) is 1.51. The number of carbonyl (C=O) groups excluding carboxylic acids is 1. The van der Waals surface area contributed by atoms with E-state index >= 15 is 0 Å². The van der Waals surface area contributed by atoms with Crippen LogP contribution in [-0.4, -0.2) is 26.6 Å². The summed E-state index contributed by atoms with van der Waals surface area (Å²) < 4.78 is 5.07. The number of carbonyl (C=O) groups is 1. The Balaban J connectivity index is 2.33. The number of rotatable bonds is 1. The number of terminal acetylenes is 1. The van der Waals surface area contributed by atoms with Crippen molar-refractivity contribution >= 4 is 23.1 Å². The van der Waals surface area contributed by atoms with Crippen LogP contribution in [-0.2, 0) is 4.74 Å². The lowest BCUT2D eigenvalue weighted by Gasteiger charge is -2.19. The third-order valence-corrected chi connectivity index (χ3v) is 2.35. The van der Waals surface area contributed by atoms with Crippen LogP contribution in [0.5, 0.6) is 0 Å². The van der Waals surface area contributed by atoms with Crippen molar-refractivity contribution in [2.45, 2.75) is 26.4 Å². The molecule has 2 N–H and O–H groups in total. The van der Waals surface area contributed by atoms with E-state index in [1.807, 2.05) is 0 Å². The summed E-state index contributed by atoms with van der Waals surface area (Å²) >= 11 is 0. The highest BCUT2D eigenvalue weighted by Gasteiger charge is 2.17. The molecule has 2 aromatic rings. The van der Waals surface area contributed by atoms with Crippen molar-refractivity contribution in [1.29, 1.82) is 0 Å². The molecule has 21 heavy (non-hydrogen) atoms. The van der Waals surface area contributed by atoms with Crippen LogP contribution in [0.25, 0.3) is 11.0 Å². The lowest BCUT2D eigenvalue weighted by molar-refractivity contribution is 0.0634. The van der Waals surface area contributed by atoms with Gasteiger partial charge in [-0.1, -0.05) is 5.92 Å². The van der Waals surface area contributed by atoms with Gasteiger partial charge >= 0.3 is 6.09 Å². The van der Waals surface area contributed by atoms with E-state index in [1.54, 1.807) is 20.8 Å². The molecule has 0 aliphatic carbocycles. The van der Waals surface area contributed by atoms with Crippen LogP contribution in [0.15, 0.2) is 17.1 Å². The normalized spacial score (nSPS) is 11.0. The maximum absolute atomic E-state index is 11.9. The second-order valence-corrected chi connectivity index (χ2v) is 5.28. The van der Waals surface area contributed by atoms with Crippen LogP contribution < -0.4 is 10.9 Å². The van der Waals surface area contributed by atoms with E-state index in [1.165, 1.54) is 12.3 Å². The topological polar surface area (TPSA) is 97.0 Å². The van der Waals surface area contributed by atoms with Gasteiger partial charge in [-0.2, -0.15) is 4.98 Å². The molecule has 108 valence electrons. The van der Waals surface area contributed by atoms with Crippen LogP contribution in [0.2, 0.25) is 0 Å². The number of aromatic amines is 1. The minimum atomic E-state index is -0.717. The number of ether oxygens (including phenoxy) is 1. The van der Waals surface area contributed by atoms with Gasteiger partial charge in [-0.3, -0.25) is 10.1 Å². The first-order chi connectivity index (χ1) is 9.78. The number of amides is 1. The lowest BCUT2D eigenvalue weighted by atomic mass is 10.2. The third kappa shape index (κ3) is 3.57. The van der Waals surface area contributed by atoms with E-state index in [4.69, 9.17) is 11.2 Å². The first-order valence-corrected chi connectivity index (χ1v) is 6.15. The van der Waals surface area contributed by atoms with E-state index in [9.17, 15) is 9.59 Å². The zero-order chi connectivity index (χ0) is 15.6. The van der Waals surface area contributed by atoms with Gasteiger partial charge in [0.25, 0.3) is 5.56 Å². The van der Waals surface area contributed by atoms with E-state index in [2.05, 4.69) is 26.2 Å². The molecule has 0 saturated heterocycles. The van der Waals surface area contributed by atoms with Gasteiger partial charge in [-0.15, -0.1) is 6.42 Å². The fourth-order valence-corrected chi connectivity index (χ4v) is 1.57. The van der Waals surface area contributed by atoms with Crippen molar-refractivity contribution in [3.8, 4) is 12.3 Å². The second kappa shape index (κ2) is 5.25. The average molecular weight is 286 g/mol. The highest BCUT2D eigenvalue weighted by atomic mass is 16.6. The van der Waals surface area contributed by atoms with Gasteiger partial charge in [-0.05, 0) is 26.8 Å². The number of fused-ring (bicyclic) bond motifs is 1. The molecule has 0 saturated carbocycles. The van der Waals surface area contributed by atoms with Gasteiger partial charge in [0.15, 0.2) is 0 Å². The van der Waals surface area contributed by atoms with Crippen LogP contribution in [0.1, 0.15) is 26.3 Å². The Morgan fingerprint density at radius 2 is 2.19 bits per heavy atom. The Labute approximate surface area is 120 Å². The molecule has 7 heteroatoms. The lowest BCUT2D eigenvalue weighted by Crippen LogP contribution is -2.28. The average Bonchev–Trinajstić information content (AvgIpc) is 2.36. The largest absolute Gasteiger partial charge is 0.444 e. The maximum Gasteiger partial charge on any atom is 0.414 e. The highest BCUT2D eigenvalue weighted by Crippen LogP contribution is 2.10. The molecule has 0 aliphatic heterocycles. The zero-order valence-corrected chi connectivity index (χ0v) is 11.9. The Bertz CT molecular complexity index is 796. The zero-order valence-electron chi connectivity index (χ0n) is 11.9. The maximum atomic E-state index is 11.9. The number of hydrogen-bond acceptors (Lipinski definition) is 5. The monoisotopic (exact) mass is 286 g/mol. The summed E-state index contributed by atoms with van der Waals surface area (Å²) in [6.07, 6.45) is 5.97. The molecule has 0 aromatic carbocycles. The molecular weight excluding hydrogens is 272 g/mol. The molecule has 7 nitrogen and oxygen atoms in total. The van der Waals surface area contributed by atoms with E-state index in [-0.39, 0.29) is 17.0 Å². The van der Waals surface area contributed by atoms with Gasteiger partial charge in [0.05, 0.1) is 5.39 Å². The van der Waals surface area contributed by atoms with Crippen molar-refractivity contribution < 1.29 is 9.53 Å². The van der Waals surface area contributed by atoms with Gasteiger partial charge in [0.2, 0.25) is 5.95 Å². The minimum absolute atomic E-state index is 0.0392. The molecule has 1 amide bonds. The number of H-pyrrole nitrogens is 1. The van der Waals surface area contributed by atoms with Crippen LogP contribution in [0.3, 0.4) is 0 Å². The third-order valence-electron chi connectivity index (χ3n) is 2.35. The number of nitrogens with zero attached hydrogens (tertiary/aromatic N) is 2. The first-order valence-electron chi connectivity index (χ1n) is 6.15. The minimum Gasteiger partial charge on any atom is -0.444 e. The van der Waals surface area contributed by atoms with Crippen LogP contribution in [0.4, 0.5) is 10.7 Å². The summed E-state index contributed by atoms with van der Waals surface area (Å²) in [4.78, 5) is 34.0. The second-order valence-electron chi connectivity index (χ2n) is 5.28. The predicted molar refractivity (Wildman–Crippen MR) is 78.0 cm³/mol. The van der Waals surface area contributed by atoms with Crippen LogP contribution in [0, 0.1) is 12.3 Å². The molecule has 0 fully saturated rings. The van der Waals surface area contributed by atoms with Gasteiger partial charge in [-0.25, -0.2) is 9.78 Å².